The minimum Gasteiger partial charge on any atom is -0.151 e. The molecule has 0 aromatic carbocycles. The van der Waals surface area contributed by atoms with Gasteiger partial charge in [0.15, 0.2) is 0 Å². The molecule has 0 aromatic rings. The SMILES string of the molecule is CC1C=C2C3CCC(CI)C3(C)CCC2C2(C)CCC(N=O)CC12. The van der Waals surface area contributed by atoms with Crippen LogP contribution in [0.1, 0.15) is 65.7 Å². The predicted octanol–water partition coefficient (Wildman–Crippen LogP) is 6.38. The number of nitroso groups, excluding NO2 is 1. The van der Waals surface area contributed by atoms with E-state index in [1.165, 1.54) is 36.5 Å². The molecule has 4 aliphatic carbocycles. The van der Waals surface area contributed by atoms with Gasteiger partial charge in [-0.15, -0.1) is 0 Å². The van der Waals surface area contributed by atoms with Crippen LogP contribution in [0.5, 0.6) is 0 Å². The standard InChI is InChI=1S/C21H32INO/c1-13-10-16-17-5-4-14(12-22)20(17,2)9-7-18(16)21(3)8-6-15(23-24)11-19(13)21/h10,13-15,17-19H,4-9,11-12H2,1-3H3. The average Bonchev–Trinajstić information content (AvgIpc) is 2.91. The molecule has 24 heavy (non-hydrogen) atoms. The Hall–Kier alpha value is 0.0700. The molecular weight excluding hydrogens is 409 g/mol. The Morgan fingerprint density at radius 2 is 1.83 bits per heavy atom. The first-order chi connectivity index (χ1) is 11.4. The van der Waals surface area contributed by atoms with Gasteiger partial charge in [-0.3, -0.25) is 0 Å². The van der Waals surface area contributed by atoms with E-state index in [-0.39, 0.29) is 6.04 Å². The second-order valence-electron chi connectivity index (χ2n) is 9.75. The number of allylic oxidation sites excluding steroid dienone is 2. The normalized spacial score (nSPS) is 53.6. The Bertz CT molecular complexity index is 560. The number of hydrogen-bond acceptors (Lipinski definition) is 2. The van der Waals surface area contributed by atoms with Gasteiger partial charge in [-0.2, -0.15) is 4.91 Å². The fourth-order valence-corrected chi connectivity index (χ4v) is 8.85. The Morgan fingerprint density at radius 3 is 2.54 bits per heavy atom. The van der Waals surface area contributed by atoms with Gasteiger partial charge in [0.1, 0.15) is 0 Å². The second kappa shape index (κ2) is 6.06. The molecule has 0 spiro atoms. The summed E-state index contributed by atoms with van der Waals surface area (Å²) in [5.41, 5.74) is 2.79. The van der Waals surface area contributed by atoms with Gasteiger partial charge in [0, 0.05) is 4.43 Å². The summed E-state index contributed by atoms with van der Waals surface area (Å²) >= 11 is 2.62. The van der Waals surface area contributed by atoms with Crippen molar-refractivity contribution in [2.75, 3.05) is 4.43 Å². The highest BCUT2D eigenvalue weighted by Crippen LogP contribution is 2.66. The van der Waals surface area contributed by atoms with Crippen molar-refractivity contribution in [2.24, 2.45) is 45.6 Å². The molecule has 0 bridgehead atoms. The van der Waals surface area contributed by atoms with Crippen molar-refractivity contribution in [3.05, 3.63) is 16.6 Å². The zero-order valence-electron chi connectivity index (χ0n) is 15.4. The number of hydrogen-bond donors (Lipinski definition) is 0. The van der Waals surface area contributed by atoms with E-state index in [9.17, 15) is 4.91 Å². The van der Waals surface area contributed by atoms with Gasteiger partial charge in [-0.05, 0) is 85.4 Å². The lowest BCUT2D eigenvalue weighted by Crippen LogP contribution is -2.51. The maximum absolute atomic E-state index is 11.1. The minimum absolute atomic E-state index is 0.0733. The third-order valence-electron chi connectivity index (χ3n) is 8.92. The summed E-state index contributed by atoms with van der Waals surface area (Å²) in [7, 11) is 0. The Kier molecular flexibility index (Phi) is 4.41. The summed E-state index contributed by atoms with van der Waals surface area (Å²) in [6.45, 7) is 7.56. The molecule has 3 heteroatoms. The van der Waals surface area contributed by atoms with Crippen molar-refractivity contribution in [1.82, 2.24) is 0 Å². The molecule has 0 aliphatic heterocycles. The van der Waals surface area contributed by atoms with Gasteiger partial charge >= 0.3 is 0 Å². The maximum Gasteiger partial charge on any atom is 0.0923 e. The van der Waals surface area contributed by atoms with Gasteiger partial charge in [0.2, 0.25) is 0 Å². The van der Waals surface area contributed by atoms with Crippen LogP contribution in [0.15, 0.2) is 16.8 Å². The molecule has 2 nitrogen and oxygen atoms in total. The minimum atomic E-state index is 0.0733. The van der Waals surface area contributed by atoms with Gasteiger partial charge in [-0.1, -0.05) is 60.2 Å². The fraction of sp³-hybridized carbons (Fsp3) is 0.905. The summed E-state index contributed by atoms with van der Waals surface area (Å²) in [5, 5.41) is 3.42. The predicted molar refractivity (Wildman–Crippen MR) is 108 cm³/mol. The first-order valence-electron chi connectivity index (χ1n) is 10.0. The fourth-order valence-electron chi connectivity index (χ4n) is 7.41. The molecule has 3 saturated carbocycles. The number of nitrogens with zero attached hydrogens (tertiary/aromatic N) is 1. The molecule has 3 fully saturated rings. The third-order valence-corrected chi connectivity index (χ3v) is 9.98. The highest BCUT2D eigenvalue weighted by atomic mass is 127. The zero-order valence-corrected chi connectivity index (χ0v) is 17.6. The van der Waals surface area contributed by atoms with Crippen molar-refractivity contribution in [3.8, 4) is 0 Å². The molecule has 8 unspecified atom stereocenters. The molecule has 0 heterocycles. The van der Waals surface area contributed by atoms with E-state index in [0.29, 0.717) is 22.7 Å². The van der Waals surface area contributed by atoms with E-state index in [0.717, 1.165) is 30.6 Å². The third kappa shape index (κ3) is 2.31. The molecule has 4 aliphatic rings. The molecule has 0 radical (unpaired) electrons. The number of rotatable bonds is 2. The molecular formula is C21H32INO. The molecule has 134 valence electrons. The summed E-state index contributed by atoms with van der Waals surface area (Å²) < 4.78 is 1.32. The quantitative estimate of drug-likeness (QED) is 0.212. The number of fused-ring (bicyclic) bond motifs is 5. The Labute approximate surface area is 160 Å². The van der Waals surface area contributed by atoms with E-state index in [4.69, 9.17) is 0 Å². The zero-order chi connectivity index (χ0) is 17.1. The molecule has 4 rings (SSSR count). The van der Waals surface area contributed by atoms with Crippen LogP contribution in [-0.4, -0.2) is 10.5 Å². The van der Waals surface area contributed by atoms with Crippen LogP contribution in [0.4, 0.5) is 0 Å². The van der Waals surface area contributed by atoms with Crippen LogP contribution in [0, 0.1) is 45.3 Å². The van der Waals surface area contributed by atoms with Crippen molar-refractivity contribution < 1.29 is 0 Å². The number of alkyl halides is 1. The Morgan fingerprint density at radius 1 is 1.12 bits per heavy atom. The van der Waals surface area contributed by atoms with E-state index in [2.05, 4.69) is 54.6 Å². The van der Waals surface area contributed by atoms with Crippen LogP contribution in [-0.2, 0) is 0 Å². The molecule has 8 atom stereocenters. The summed E-state index contributed by atoms with van der Waals surface area (Å²) in [5.74, 6) is 3.80. The lowest BCUT2D eigenvalue weighted by atomic mass is 9.46. The van der Waals surface area contributed by atoms with E-state index in [1.807, 2.05) is 5.57 Å². The van der Waals surface area contributed by atoms with Crippen LogP contribution in [0.25, 0.3) is 0 Å². The van der Waals surface area contributed by atoms with Crippen molar-refractivity contribution >= 4 is 22.6 Å². The highest BCUT2D eigenvalue weighted by molar-refractivity contribution is 14.1. The maximum atomic E-state index is 11.1. The van der Waals surface area contributed by atoms with Crippen LogP contribution < -0.4 is 0 Å². The average molecular weight is 441 g/mol. The molecule has 0 amide bonds. The van der Waals surface area contributed by atoms with E-state index in [1.54, 1.807) is 0 Å². The lowest BCUT2D eigenvalue weighted by Gasteiger charge is -2.59. The number of halogens is 1. The first-order valence-corrected chi connectivity index (χ1v) is 11.6. The lowest BCUT2D eigenvalue weighted by molar-refractivity contribution is -0.0215. The monoisotopic (exact) mass is 441 g/mol. The molecule has 0 N–H and O–H groups in total. The first kappa shape index (κ1) is 17.5. The van der Waals surface area contributed by atoms with Gasteiger partial charge < -0.3 is 0 Å². The summed E-state index contributed by atoms with van der Waals surface area (Å²) in [4.78, 5) is 11.1. The van der Waals surface area contributed by atoms with Crippen LogP contribution >= 0.6 is 22.6 Å². The topological polar surface area (TPSA) is 29.4 Å². The van der Waals surface area contributed by atoms with Gasteiger partial charge in [0.05, 0.1) is 6.04 Å². The highest BCUT2D eigenvalue weighted by Gasteiger charge is 2.58. The van der Waals surface area contributed by atoms with Crippen molar-refractivity contribution in [3.63, 3.8) is 0 Å². The second-order valence-corrected chi connectivity index (χ2v) is 10.6. The smallest absolute Gasteiger partial charge is 0.0923 e. The summed E-state index contributed by atoms with van der Waals surface area (Å²) in [6, 6.07) is 0.0733. The van der Waals surface area contributed by atoms with Crippen LogP contribution in [0.2, 0.25) is 0 Å². The van der Waals surface area contributed by atoms with Crippen molar-refractivity contribution in [2.45, 2.75) is 71.8 Å². The molecule has 0 saturated heterocycles. The van der Waals surface area contributed by atoms with E-state index >= 15 is 0 Å². The van der Waals surface area contributed by atoms with E-state index < -0.39 is 0 Å². The Balaban J connectivity index is 1.70. The van der Waals surface area contributed by atoms with Crippen LogP contribution in [0.3, 0.4) is 0 Å². The summed E-state index contributed by atoms with van der Waals surface area (Å²) in [6.07, 6.45) is 11.6. The largest absolute Gasteiger partial charge is 0.151 e. The van der Waals surface area contributed by atoms with Crippen molar-refractivity contribution in [1.29, 1.82) is 0 Å². The van der Waals surface area contributed by atoms with Gasteiger partial charge in [0.25, 0.3) is 0 Å². The molecule has 0 aromatic heterocycles. The van der Waals surface area contributed by atoms with Gasteiger partial charge in [-0.25, -0.2) is 0 Å².